The molecule has 144 valence electrons. The molecule has 4 nitrogen and oxygen atoms in total. The Hall–Kier alpha value is -3.44. The number of hydrogen-bond donors (Lipinski definition) is 0. The second-order valence-corrected chi connectivity index (χ2v) is 6.89. The Morgan fingerprint density at radius 2 is 1.86 bits per heavy atom. The Kier molecular flexibility index (Phi) is 4.91. The minimum Gasteiger partial charge on any atom is -0.452 e. The Morgan fingerprint density at radius 1 is 1.10 bits per heavy atom. The molecule has 6 heteroatoms. The average Bonchev–Trinajstić information content (AvgIpc) is 3.01. The Bertz CT molecular complexity index is 1170. The summed E-state index contributed by atoms with van der Waals surface area (Å²) in [6.07, 6.45) is 1.61. The monoisotopic (exact) mass is 408 g/mol. The lowest BCUT2D eigenvalue weighted by Crippen LogP contribution is -2.09. The highest BCUT2D eigenvalue weighted by atomic mass is 35.5. The van der Waals surface area contributed by atoms with E-state index in [1.165, 1.54) is 24.3 Å². The van der Waals surface area contributed by atoms with E-state index in [9.17, 15) is 14.0 Å². The molecule has 0 N–H and O–H groups in total. The summed E-state index contributed by atoms with van der Waals surface area (Å²) in [5.41, 5.74) is 1.84. The predicted molar refractivity (Wildman–Crippen MR) is 107 cm³/mol. The van der Waals surface area contributed by atoms with Gasteiger partial charge in [-0.15, -0.1) is 0 Å². The first-order valence-corrected chi connectivity index (χ1v) is 9.11. The average molecular weight is 409 g/mol. The first-order chi connectivity index (χ1) is 13.9. The van der Waals surface area contributed by atoms with E-state index in [0.717, 1.165) is 5.56 Å². The van der Waals surface area contributed by atoms with Crippen LogP contribution in [0.1, 0.15) is 31.8 Å². The summed E-state index contributed by atoms with van der Waals surface area (Å²) >= 11 is 5.99. The zero-order valence-corrected chi connectivity index (χ0v) is 16.0. The number of esters is 1. The third-order valence-electron chi connectivity index (χ3n) is 4.47. The fourth-order valence-corrected chi connectivity index (χ4v) is 3.17. The van der Waals surface area contributed by atoms with Crippen molar-refractivity contribution in [3.63, 3.8) is 0 Å². The minimum absolute atomic E-state index is 0.160. The van der Waals surface area contributed by atoms with Gasteiger partial charge in [-0.05, 0) is 67.1 Å². The van der Waals surface area contributed by atoms with E-state index in [0.29, 0.717) is 21.9 Å². The van der Waals surface area contributed by atoms with Gasteiger partial charge in [0.2, 0.25) is 5.78 Å². The van der Waals surface area contributed by atoms with Crippen molar-refractivity contribution in [2.75, 3.05) is 0 Å². The molecule has 0 atom stereocenters. The lowest BCUT2D eigenvalue weighted by molar-refractivity contribution is 0.0733. The van der Waals surface area contributed by atoms with Gasteiger partial charge >= 0.3 is 5.97 Å². The molecule has 0 aromatic heterocycles. The Balaban J connectivity index is 1.61. The summed E-state index contributed by atoms with van der Waals surface area (Å²) in [5.74, 6) is -0.581. The zero-order chi connectivity index (χ0) is 20.5. The van der Waals surface area contributed by atoms with Gasteiger partial charge in [-0.25, -0.2) is 9.18 Å². The molecular weight excluding hydrogens is 395 g/mol. The normalized spacial score (nSPS) is 13.9. The van der Waals surface area contributed by atoms with Crippen molar-refractivity contribution >= 4 is 29.4 Å². The SMILES string of the molecule is Cc1c(OC(=O)c2ccc(F)cc2)ccc2c1O/C(=C\c1cccc(Cl)c1)C2=O. The van der Waals surface area contributed by atoms with E-state index in [2.05, 4.69) is 0 Å². The molecule has 0 saturated heterocycles. The molecule has 0 saturated carbocycles. The number of hydrogen-bond acceptors (Lipinski definition) is 4. The van der Waals surface area contributed by atoms with Crippen molar-refractivity contribution in [2.24, 2.45) is 0 Å². The molecule has 0 fully saturated rings. The van der Waals surface area contributed by atoms with Crippen LogP contribution in [0.15, 0.2) is 66.4 Å². The van der Waals surface area contributed by atoms with Gasteiger partial charge in [0.1, 0.15) is 17.3 Å². The molecule has 1 aliphatic heterocycles. The number of carbonyl (C=O) groups excluding carboxylic acids is 2. The number of rotatable bonds is 3. The maximum absolute atomic E-state index is 13.0. The highest BCUT2D eigenvalue weighted by Gasteiger charge is 2.30. The molecule has 1 heterocycles. The highest BCUT2D eigenvalue weighted by Crippen LogP contribution is 2.39. The Labute approximate surface area is 171 Å². The third kappa shape index (κ3) is 3.77. The summed E-state index contributed by atoms with van der Waals surface area (Å²) in [5, 5.41) is 0.550. The van der Waals surface area contributed by atoms with Crippen LogP contribution in [-0.2, 0) is 0 Å². The van der Waals surface area contributed by atoms with Crippen LogP contribution in [-0.4, -0.2) is 11.8 Å². The van der Waals surface area contributed by atoms with E-state index in [-0.39, 0.29) is 22.9 Å². The molecular formula is C23H14ClFO4. The van der Waals surface area contributed by atoms with Gasteiger partial charge in [0, 0.05) is 10.6 Å². The quantitative estimate of drug-likeness (QED) is 0.320. The van der Waals surface area contributed by atoms with Crippen LogP contribution in [0.3, 0.4) is 0 Å². The number of carbonyl (C=O) groups is 2. The zero-order valence-electron chi connectivity index (χ0n) is 15.2. The first kappa shape index (κ1) is 18.9. The lowest BCUT2D eigenvalue weighted by atomic mass is 10.1. The molecule has 29 heavy (non-hydrogen) atoms. The number of benzene rings is 3. The van der Waals surface area contributed by atoms with E-state index < -0.39 is 11.8 Å². The molecule has 0 aliphatic carbocycles. The fraction of sp³-hybridized carbons (Fsp3) is 0.0435. The first-order valence-electron chi connectivity index (χ1n) is 8.73. The second kappa shape index (κ2) is 7.53. The molecule has 4 rings (SSSR count). The van der Waals surface area contributed by atoms with Crippen LogP contribution in [0, 0.1) is 12.7 Å². The van der Waals surface area contributed by atoms with E-state index >= 15 is 0 Å². The van der Waals surface area contributed by atoms with Gasteiger partial charge in [-0.2, -0.15) is 0 Å². The molecule has 0 spiro atoms. The Morgan fingerprint density at radius 3 is 2.59 bits per heavy atom. The van der Waals surface area contributed by atoms with Crippen molar-refractivity contribution in [3.05, 3.63) is 99.5 Å². The summed E-state index contributed by atoms with van der Waals surface area (Å²) in [6, 6.07) is 15.2. The van der Waals surface area contributed by atoms with Crippen molar-refractivity contribution in [1.29, 1.82) is 0 Å². The van der Waals surface area contributed by atoms with Crippen LogP contribution < -0.4 is 9.47 Å². The number of ether oxygens (including phenoxy) is 2. The summed E-state index contributed by atoms with van der Waals surface area (Å²) < 4.78 is 24.2. The number of Topliss-reactive ketones (excluding diaryl/α,β-unsaturated/α-hetero) is 1. The molecule has 0 amide bonds. The van der Waals surface area contributed by atoms with Gasteiger partial charge in [-0.3, -0.25) is 4.79 Å². The third-order valence-corrected chi connectivity index (χ3v) is 4.70. The molecule has 3 aromatic rings. The standard InChI is InChI=1S/C23H14ClFO4/c1-13-19(29-23(27)15-5-7-17(25)8-6-15)10-9-18-21(26)20(28-22(13)18)12-14-3-2-4-16(24)11-14/h2-12H,1H3/b20-12-. The van der Waals surface area contributed by atoms with Crippen LogP contribution in [0.5, 0.6) is 11.5 Å². The van der Waals surface area contributed by atoms with Gasteiger partial charge in [0.05, 0.1) is 11.1 Å². The van der Waals surface area contributed by atoms with Crippen LogP contribution in [0.4, 0.5) is 4.39 Å². The van der Waals surface area contributed by atoms with Gasteiger partial charge in [0.15, 0.2) is 5.76 Å². The van der Waals surface area contributed by atoms with Crippen LogP contribution >= 0.6 is 11.6 Å². The number of fused-ring (bicyclic) bond motifs is 1. The highest BCUT2D eigenvalue weighted by molar-refractivity contribution is 6.30. The smallest absolute Gasteiger partial charge is 0.343 e. The molecule has 1 aliphatic rings. The van der Waals surface area contributed by atoms with Crippen LogP contribution in [0.2, 0.25) is 5.02 Å². The lowest BCUT2D eigenvalue weighted by Gasteiger charge is -2.10. The van der Waals surface area contributed by atoms with Crippen molar-refractivity contribution in [3.8, 4) is 11.5 Å². The van der Waals surface area contributed by atoms with Gasteiger partial charge in [-0.1, -0.05) is 23.7 Å². The fourth-order valence-electron chi connectivity index (χ4n) is 2.97. The van der Waals surface area contributed by atoms with Crippen molar-refractivity contribution in [1.82, 2.24) is 0 Å². The molecule has 0 radical (unpaired) electrons. The maximum atomic E-state index is 13.0. The second-order valence-electron chi connectivity index (χ2n) is 6.46. The minimum atomic E-state index is -0.632. The van der Waals surface area contributed by atoms with E-state index in [1.807, 2.05) is 0 Å². The predicted octanol–water partition coefficient (Wildman–Crippen LogP) is 5.62. The van der Waals surface area contributed by atoms with Crippen molar-refractivity contribution in [2.45, 2.75) is 6.92 Å². The molecule has 3 aromatic carbocycles. The number of allylic oxidation sites excluding steroid dienone is 1. The molecule has 0 bridgehead atoms. The van der Waals surface area contributed by atoms with Crippen LogP contribution in [0.25, 0.3) is 6.08 Å². The van der Waals surface area contributed by atoms with Gasteiger partial charge in [0.25, 0.3) is 0 Å². The maximum Gasteiger partial charge on any atom is 0.343 e. The van der Waals surface area contributed by atoms with E-state index in [4.69, 9.17) is 21.1 Å². The van der Waals surface area contributed by atoms with Crippen molar-refractivity contribution < 1.29 is 23.5 Å². The topological polar surface area (TPSA) is 52.6 Å². The molecule has 0 unspecified atom stereocenters. The van der Waals surface area contributed by atoms with E-state index in [1.54, 1.807) is 49.4 Å². The summed E-state index contributed by atoms with van der Waals surface area (Å²) in [6.45, 7) is 1.70. The summed E-state index contributed by atoms with van der Waals surface area (Å²) in [4.78, 5) is 25.0. The number of halogens is 2. The number of ketones is 1. The largest absolute Gasteiger partial charge is 0.452 e. The summed E-state index contributed by atoms with van der Waals surface area (Å²) in [7, 11) is 0. The van der Waals surface area contributed by atoms with Gasteiger partial charge < -0.3 is 9.47 Å².